The Bertz CT molecular complexity index is 1050. The zero-order valence-corrected chi connectivity index (χ0v) is 14.2. The highest BCUT2D eigenvalue weighted by molar-refractivity contribution is 7.22. The van der Waals surface area contributed by atoms with E-state index in [1.165, 1.54) is 11.3 Å². The van der Waals surface area contributed by atoms with Gasteiger partial charge in [0.15, 0.2) is 5.13 Å². The van der Waals surface area contributed by atoms with E-state index in [2.05, 4.69) is 33.6 Å². The summed E-state index contributed by atoms with van der Waals surface area (Å²) in [6.07, 6.45) is 1.64. The molecule has 2 heterocycles. The van der Waals surface area contributed by atoms with Crippen molar-refractivity contribution in [1.82, 2.24) is 14.8 Å². The second-order valence-electron chi connectivity index (χ2n) is 5.86. The molecule has 0 atom stereocenters. The number of nitrogens with zero attached hydrogens (tertiary/aromatic N) is 3. The van der Waals surface area contributed by atoms with Gasteiger partial charge in [-0.3, -0.25) is 14.8 Å². The normalized spacial score (nSPS) is 11.5. The third-order valence-corrected chi connectivity index (χ3v) is 4.83. The lowest BCUT2D eigenvalue weighted by atomic mass is 10.1. The smallest absolute Gasteiger partial charge is 0.275 e. The molecule has 1 N–H and O–H groups in total. The molecule has 0 spiro atoms. The first-order valence-electron chi connectivity index (χ1n) is 7.76. The average molecular weight is 336 g/mol. The molecular weight excluding hydrogens is 320 g/mol. The Morgan fingerprint density at radius 3 is 2.83 bits per heavy atom. The van der Waals surface area contributed by atoms with E-state index in [-0.39, 0.29) is 11.9 Å². The number of benzene rings is 2. The van der Waals surface area contributed by atoms with Crippen molar-refractivity contribution in [2.45, 2.75) is 19.9 Å². The molecule has 2 aromatic carbocycles. The molecule has 120 valence electrons. The minimum Gasteiger partial charge on any atom is -0.296 e. The van der Waals surface area contributed by atoms with Crippen LogP contribution in [0, 0.1) is 0 Å². The quantitative estimate of drug-likeness (QED) is 0.600. The summed E-state index contributed by atoms with van der Waals surface area (Å²) in [6, 6.07) is 14.1. The molecule has 2 aromatic heterocycles. The van der Waals surface area contributed by atoms with Crippen LogP contribution in [0.5, 0.6) is 0 Å². The van der Waals surface area contributed by atoms with Gasteiger partial charge < -0.3 is 0 Å². The first-order valence-corrected chi connectivity index (χ1v) is 8.58. The lowest BCUT2D eigenvalue weighted by Gasteiger charge is -2.09. The molecule has 0 saturated carbocycles. The number of fused-ring (bicyclic) bond motifs is 3. The van der Waals surface area contributed by atoms with Crippen molar-refractivity contribution in [1.29, 1.82) is 0 Å². The first kappa shape index (κ1) is 14.8. The van der Waals surface area contributed by atoms with E-state index in [1.54, 1.807) is 16.9 Å². The molecule has 0 aliphatic carbocycles. The van der Waals surface area contributed by atoms with Crippen molar-refractivity contribution in [3.63, 3.8) is 0 Å². The van der Waals surface area contributed by atoms with E-state index in [9.17, 15) is 4.79 Å². The van der Waals surface area contributed by atoms with Crippen LogP contribution in [0.15, 0.2) is 48.7 Å². The summed E-state index contributed by atoms with van der Waals surface area (Å²) in [5.41, 5.74) is 1.46. The fourth-order valence-corrected chi connectivity index (χ4v) is 3.66. The Kier molecular flexibility index (Phi) is 3.54. The Balaban J connectivity index is 1.71. The van der Waals surface area contributed by atoms with Gasteiger partial charge in [-0.2, -0.15) is 5.10 Å². The van der Waals surface area contributed by atoms with Crippen molar-refractivity contribution >= 4 is 43.4 Å². The number of nitrogens with one attached hydrogen (secondary N) is 1. The van der Waals surface area contributed by atoms with Gasteiger partial charge in [0.1, 0.15) is 5.69 Å². The Hall–Kier alpha value is -2.73. The van der Waals surface area contributed by atoms with E-state index >= 15 is 0 Å². The van der Waals surface area contributed by atoms with Crippen molar-refractivity contribution < 1.29 is 4.79 Å². The monoisotopic (exact) mass is 336 g/mol. The summed E-state index contributed by atoms with van der Waals surface area (Å²) < 4.78 is 2.76. The van der Waals surface area contributed by atoms with E-state index in [4.69, 9.17) is 0 Å². The lowest BCUT2D eigenvalue weighted by molar-refractivity contribution is 0.101. The van der Waals surface area contributed by atoms with Crippen LogP contribution < -0.4 is 5.32 Å². The SMILES string of the molecule is CC(C)n1nccc1C(=O)Nc1nc2c(ccc3ccccc32)s1. The summed E-state index contributed by atoms with van der Waals surface area (Å²) >= 11 is 1.48. The molecule has 0 saturated heterocycles. The molecule has 1 amide bonds. The van der Waals surface area contributed by atoms with Gasteiger partial charge in [-0.15, -0.1) is 0 Å². The number of anilines is 1. The summed E-state index contributed by atoms with van der Waals surface area (Å²) in [5, 5.41) is 9.94. The Labute approximate surface area is 142 Å². The fraction of sp³-hybridized carbons (Fsp3) is 0.167. The average Bonchev–Trinajstić information content (AvgIpc) is 3.21. The number of rotatable bonds is 3. The molecule has 0 bridgehead atoms. The van der Waals surface area contributed by atoms with Gasteiger partial charge in [0.25, 0.3) is 5.91 Å². The van der Waals surface area contributed by atoms with Gasteiger partial charge in [-0.1, -0.05) is 41.7 Å². The van der Waals surface area contributed by atoms with Crippen molar-refractivity contribution in [2.24, 2.45) is 0 Å². The number of thiazole rings is 1. The van der Waals surface area contributed by atoms with Crippen LogP contribution >= 0.6 is 11.3 Å². The number of hydrogen-bond acceptors (Lipinski definition) is 4. The maximum atomic E-state index is 12.5. The second kappa shape index (κ2) is 5.72. The molecule has 0 aliphatic heterocycles. The zero-order chi connectivity index (χ0) is 16.7. The van der Waals surface area contributed by atoms with Crippen molar-refractivity contribution in [3.8, 4) is 0 Å². The number of hydrogen-bond donors (Lipinski definition) is 1. The highest BCUT2D eigenvalue weighted by Crippen LogP contribution is 2.31. The van der Waals surface area contributed by atoms with Crippen LogP contribution in [0.3, 0.4) is 0 Å². The lowest BCUT2D eigenvalue weighted by Crippen LogP contribution is -2.18. The fourth-order valence-electron chi connectivity index (χ4n) is 2.78. The van der Waals surface area contributed by atoms with Gasteiger partial charge in [0.2, 0.25) is 0 Å². The highest BCUT2D eigenvalue weighted by Gasteiger charge is 2.16. The van der Waals surface area contributed by atoms with Crippen LogP contribution in [-0.4, -0.2) is 20.7 Å². The predicted octanol–water partition coefficient (Wildman–Crippen LogP) is 4.48. The molecule has 5 nitrogen and oxygen atoms in total. The molecule has 4 aromatic rings. The Morgan fingerprint density at radius 2 is 2.00 bits per heavy atom. The largest absolute Gasteiger partial charge is 0.296 e. The standard InChI is InChI=1S/C18H16N4OS/c1-11(2)22-14(9-10-19-22)17(23)21-18-20-16-13-6-4-3-5-12(13)7-8-15(16)24-18/h3-11H,1-2H3,(H,20,21,23). The topological polar surface area (TPSA) is 59.8 Å². The Morgan fingerprint density at radius 1 is 1.17 bits per heavy atom. The molecule has 0 aliphatic rings. The van der Waals surface area contributed by atoms with Crippen LogP contribution in [0.25, 0.3) is 21.0 Å². The third-order valence-electron chi connectivity index (χ3n) is 3.90. The van der Waals surface area contributed by atoms with Crippen LogP contribution in [0.1, 0.15) is 30.4 Å². The van der Waals surface area contributed by atoms with Gasteiger partial charge in [-0.25, -0.2) is 4.98 Å². The molecule has 6 heteroatoms. The summed E-state index contributed by atoms with van der Waals surface area (Å²) in [4.78, 5) is 17.2. The number of aromatic nitrogens is 3. The summed E-state index contributed by atoms with van der Waals surface area (Å²) in [7, 11) is 0. The van der Waals surface area contributed by atoms with Gasteiger partial charge >= 0.3 is 0 Å². The number of carbonyl (C=O) groups is 1. The molecule has 4 rings (SSSR count). The van der Waals surface area contributed by atoms with E-state index in [0.29, 0.717) is 10.8 Å². The summed E-state index contributed by atoms with van der Waals surface area (Å²) in [5.74, 6) is -0.190. The molecular formula is C18H16N4OS. The van der Waals surface area contributed by atoms with E-state index < -0.39 is 0 Å². The van der Waals surface area contributed by atoms with Crippen molar-refractivity contribution in [3.05, 3.63) is 54.4 Å². The van der Waals surface area contributed by atoms with Gasteiger partial charge in [-0.05, 0) is 31.4 Å². The van der Waals surface area contributed by atoms with Crippen LogP contribution in [0.2, 0.25) is 0 Å². The summed E-state index contributed by atoms with van der Waals surface area (Å²) in [6.45, 7) is 3.99. The van der Waals surface area contributed by atoms with E-state index in [1.807, 2.05) is 32.0 Å². The molecule has 0 radical (unpaired) electrons. The molecule has 24 heavy (non-hydrogen) atoms. The van der Waals surface area contributed by atoms with Gasteiger partial charge in [0.05, 0.1) is 10.2 Å². The molecule has 0 fully saturated rings. The maximum Gasteiger partial charge on any atom is 0.275 e. The van der Waals surface area contributed by atoms with Crippen LogP contribution in [-0.2, 0) is 0 Å². The minimum absolute atomic E-state index is 0.125. The highest BCUT2D eigenvalue weighted by atomic mass is 32.1. The van der Waals surface area contributed by atoms with Crippen LogP contribution in [0.4, 0.5) is 5.13 Å². The zero-order valence-electron chi connectivity index (χ0n) is 13.4. The second-order valence-corrected chi connectivity index (χ2v) is 6.89. The third kappa shape index (κ3) is 2.45. The maximum absolute atomic E-state index is 12.5. The van der Waals surface area contributed by atoms with Crippen molar-refractivity contribution in [2.75, 3.05) is 5.32 Å². The first-order chi connectivity index (χ1) is 11.6. The van der Waals surface area contributed by atoms with Gasteiger partial charge in [0, 0.05) is 17.6 Å². The number of carbonyl (C=O) groups excluding carboxylic acids is 1. The minimum atomic E-state index is -0.190. The van der Waals surface area contributed by atoms with E-state index in [0.717, 1.165) is 21.0 Å². The predicted molar refractivity (Wildman–Crippen MR) is 97.7 cm³/mol. The molecule has 0 unspecified atom stereocenters. The number of amides is 1.